The van der Waals surface area contributed by atoms with Gasteiger partial charge in [0.2, 0.25) is 5.91 Å². The first kappa shape index (κ1) is 19.1. The van der Waals surface area contributed by atoms with Crippen LogP contribution < -0.4 is 5.32 Å². The molecule has 1 aromatic heterocycles. The first-order chi connectivity index (χ1) is 12.9. The molecule has 0 radical (unpaired) electrons. The number of likely N-dealkylation sites (tertiary alicyclic amines) is 1. The van der Waals surface area contributed by atoms with Gasteiger partial charge >= 0.3 is 0 Å². The van der Waals surface area contributed by atoms with E-state index < -0.39 is 0 Å². The monoisotopic (exact) mass is 368 g/mol. The largest absolute Gasteiger partial charge is 0.349 e. The highest BCUT2D eigenvalue weighted by atomic mass is 16.2. The van der Waals surface area contributed by atoms with Gasteiger partial charge in [0.1, 0.15) is 0 Å². The van der Waals surface area contributed by atoms with Gasteiger partial charge in [0.05, 0.1) is 12.1 Å². The van der Waals surface area contributed by atoms with Crippen LogP contribution in [0.25, 0.3) is 0 Å². The maximum Gasteiger partial charge on any atom is 0.251 e. The number of nitrogens with one attached hydrogen (secondary N) is 1. The minimum atomic E-state index is -0.0283. The van der Waals surface area contributed by atoms with Gasteiger partial charge in [0.15, 0.2) is 0 Å². The van der Waals surface area contributed by atoms with E-state index in [0.29, 0.717) is 19.5 Å². The minimum Gasteiger partial charge on any atom is -0.349 e. The summed E-state index contributed by atoms with van der Waals surface area (Å²) in [6.45, 7) is 7.24. The van der Waals surface area contributed by atoms with Crippen LogP contribution in [0.4, 0.5) is 0 Å². The molecule has 1 aromatic carbocycles. The third-order valence-corrected chi connectivity index (χ3v) is 5.56. The number of carbonyl (C=O) groups is 2. The lowest BCUT2D eigenvalue weighted by molar-refractivity contribution is -0.131. The summed E-state index contributed by atoms with van der Waals surface area (Å²) in [5, 5.41) is 7.50. The molecular formula is C21H28N4O2. The van der Waals surface area contributed by atoms with Crippen LogP contribution in [-0.2, 0) is 18.3 Å². The number of aromatic nitrogens is 2. The maximum absolute atomic E-state index is 12.7. The zero-order valence-electron chi connectivity index (χ0n) is 16.6. The summed E-state index contributed by atoms with van der Waals surface area (Å²) in [7, 11) is 1.90. The summed E-state index contributed by atoms with van der Waals surface area (Å²) in [6.07, 6.45) is 1.97. The van der Waals surface area contributed by atoms with E-state index in [9.17, 15) is 9.59 Å². The standard InChI is InChI=1S/C21H28N4O2/c1-14-7-5-6-8-18(14)21(27)22-17-9-11-25(12-10-17)20(26)13-19-15(2)23-24(4)16(19)3/h5-8,17H,9-13H2,1-4H3,(H,22,27). The van der Waals surface area contributed by atoms with Crippen LogP contribution in [-0.4, -0.2) is 45.6 Å². The fourth-order valence-corrected chi connectivity index (χ4v) is 3.70. The lowest BCUT2D eigenvalue weighted by Crippen LogP contribution is -2.47. The van der Waals surface area contributed by atoms with Crippen LogP contribution in [0, 0.1) is 20.8 Å². The topological polar surface area (TPSA) is 67.2 Å². The van der Waals surface area contributed by atoms with Crippen LogP contribution in [0.3, 0.4) is 0 Å². The molecule has 2 heterocycles. The van der Waals surface area contributed by atoms with E-state index in [2.05, 4.69) is 10.4 Å². The SMILES string of the molecule is Cc1ccccc1C(=O)NC1CCN(C(=O)Cc2c(C)nn(C)c2C)CC1. The van der Waals surface area contributed by atoms with Crippen LogP contribution in [0.5, 0.6) is 0 Å². The number of piperidine rings is 1. The molecule has 3 rings (SSSR count). The zero-order valence-corrected chi connectivity index (χ0v) is 16.6. The Labute approximate surface area is 160 Å². The van der Waals surface area contributed by atoms with Crippen molar-refractivity contribution >= 4 is 11.8 Å². The Bertz CT molecular complexity index is 848. The highest BCUT2D eigenvalue weighted by Crippen LogP contribution is 2.17. The van der Waals surface area contributed by atoms with Gasteiger partial charge in [0.25, 0.3) is 5.91 Å². The number of aryl methyl sites for hydroxylation is 3. The molecule has 0 saturated carbocycles. The fourth-order valence-electron chi connectivity index (χ4n) is 3.70. The number of rotatable bonds is 4. The second kappa shape index (κ2) is 7.94. The highest BCUT2D eigenvalue weighted by molar-refractivity contribution is 5.95. The van der Waals surface area contributed by atoms with Crippen molar-refractivity contribution in [1.82, 2.24) is 20.0 Å². The average molecular weight is 368 g/mol. The fraction of sp³-hybridized carbons (Fsp3) is 0.476. The smallest absolute Gasteiger partial charge is 0.251 e. The van der Waals surface area contributed by atoms with E-state index in [-0.39, 0.29) is 17.9 Å². The Morgan fingerprint density at radius 1 is 1.15 bits per heavy atom. The van der Waals surface area contributed by atoms with E-state index in [0.717, 1.165) is 40.9 Å². The summed E-state index contributed by atoms with van der Waals surface area (Å²) < 4.78 is 1.82. The van der Waals surface area contributed by atoms with Crippen molar-refractivity contribution in [3.05, 3.63) is 52.3 Å². The van der Waals surface area contributed by atoms with Crippen LogP contribution in [0.1, 0.15) is 45.7 Å². The van der Waals surface area contributed by atoms with Gasteiger partial charge in [-0.05, 0) is 45.2 Å². The summed E-state index contributed by atoms with van der Waals surface area (Å²) in [5.41, 5.74) is 4.69. The first-order valence-corrected chi connectivity index (χ1v) is 9.50. The van der Waals surface area contributed by atoms with Gasteiger partial charge in [-0.15, -0.1) is 0 Å². The van der Waals surface area contributed by atoms with Crippen molar-refractivity contribution in [1.29, 1.82) is 0 Å². The summed E-state index contributed by atoms with van der Waals surface area (Å²) >= 11 is 0. The molecule has 1 aliphatic rings. The quantitative estimate of drug-likeness (QED) is 0.900. The molecule has 1 saturated heterocycles. The molecule has 144 valence electrons. The zero-order chi connectivity index (χ0) is 19.6. The molecule has 2 amide bonds. The van der Waals surface area contributed by atoms with Crippen molar-refractivity contribution in [3.8, 4) is 0 Å². The van der Waals surface area contributed by atoms with Gasteiger partial charge < -0.3 is 10.2 Å². The summed E-state index contributed by atoms with van der Waals surface area (Å²) in [5.74, 6) is 0.109. The van der Waals surface area contributed by atoms with E-state index in [1.165, 1.54) is 0 Å². The molecule has 27 heavy (non-hydrogen) atoms. The van der Waals surface area contributed by atoms with Crippen LogP contribution in [0.2, 0.25) is 0 Å². The number of nitrogens with zero attached hydrogens (tertiary/aromatic N) is 3. The molecule has 0 aliphatic carbocycles. The minimum absolute atomic E-state index is 0.0283. The van der Waals surface area contributed by atoms with Crippen molar-refractivity contribution < 1.29 is 9.59 Å². The average Bonchev–Trinajstić information content (AvgIpc) is 2.88. The molecule has 1 N–H and O–H groups in total. The third-order valence-electron chi connectivity index (χ3n) is 5.56. The molecule has 1 aliphatic heterocycles. The lowest BCUT2D eigenvalue weighted by Gasteiger charge is -2.32. The second-order valence-corrected chi connectivity index (χ2v) is 7.39. The Kier molecular flexibility index (Phi) is 5.63. The van der Waals surface area contributed by atoms with E-state index in [1.807, 2.05) is 61.7 Å². The first-order valence-electron chi connectivity index (χ1n) is 9.50. The van der Waals surface area contributed by atoms with Crippen molar-refractivity contribution in [3.63, 3.8) is 0 Å². The number of hydrogen-bond acceptors (Lipinski definition) is 3. The number of benzene rings is 1. The molecule has 0 unspecified atom stereocenters. The lowest BCUT2D eigenvalue weighted by atomic mass is 10.0. The Hall–Kier alpha value is -2.63. The molecule has 0 spiro atoms. The molecular weight excluding hydrogens is 340 g/mol. The predicted octanol–water partition coefficient (Wildman–Crippen LogP) is 2.31. The van der Waals surface area contributed by atoms with Crippen LogP contribution in [0.15, 0.2) is 24.3 Å². The number of hydrogen-bond donors (Lipinski definition) is 1. The summed E-state index contributed by atoms with van der Waals surface area (Å²) in [4.78, 5) is 27.0. The normalized spacial score (nSPS) is 15.0. The van der Waals surface area contributed by atoms with Gasteiger partial charge in [-0.3, -0.25) is 14.3 Å². The third kappa shape index (κ3) is 4.21. The van der Waals surface area contributed by atoms with Crippen molar-refractivity contribution in [2.45, 2.75) is 46.1 Å². The predicted molar refractivity (Wildman–Crippen MR) is 105 cm³/mol. The highest BCUT2D eigenvalue weighted by Gasteiger charge is 2.25. The molecule has 6 nitrogen and oxygen atoms in total. The molecule has 0 bridgehead atoms. The number of carbonyl (C=O) groups excluding carboxylic acids is 2. The maximum atomic E-state index is 12.7. The molecule has 1 fully saturated rings. The van der Waals surface area contributed by atoms with Crippen molar-refractivity contribution in [2.24, 2.45) is 7.05 Å². The van der Waals surface area contributed by atoms with Gasteiger partial charge in [-0.1, -0.05) is 18.2 Å². The Morgan fingerprint density at radius 2 is 1.81 bits per heavy atom. The van der Waals surface area contributed by atoms with E-state index in [4.69, 9.17) is 0 Å². The molecule has 0 atom stereocenters. The second-order valence-electron chi connectivity index (χ2n) is 7.39. The Balaban J connectivity index is 1.53. The summed E-state index contributed by atoms with van der Waals surface area (Å²) in [6, 6.07) is 7.72. The Morgan fingerprint density at radius 3 is 2.41 bits per heavy atom. The van der Waals surface area contributed by atoms with Gasteiger partial charge in [-0.25, -0.2) is 0 Å². The van der Waals surface area contributed by atoms with E-state index in [1.54, 1.807) is 0 Å². The van der Waals surface area contributed by atoms with Crippen molar-refractivity contribution in [2.75, 3.05) is 13.1 Å². The molecule has 6 heteroatoms. The van der Waals surface area contributed by atoms with Crippen LogP contribution >= 0.6 is 0 Å². The van der Waals surface area contributed by atoms with Gasteiger partial charge in [0, 0.05) is 43.0 Å². The molecule has 2 aromatic rings. The number of amides is 2. The van der Waals surface area contributed by atoms with E-state index >= 15 is 0 Å². The van der Waals surface area contributed by atoms with Gasteiger partial charge in [-0.2, -0.15) is 5.10 Å².